The predicted molar refractivity (Wildman–Crippen MR) is 111 cm³/mol. The molecule has 4 rings (SSSR count). The molecule has 1 saturated heterocycles. The highest BCUT2D eigenvalue weighted by atomic mass is 79.9. The van der Waals surface area contributed by atoms with Crippen molar-refractivity contribution in [1.29, 1.82) is 0 Å². The van der Waals surface area contributed by atoms with Gasteiger partial charge in [0.2, 0.25) is 0 Å². The van der Waals surface area contributed by atoms with Gasteiger partial charge in [0.15, 0.2) is 0 Å². The first-order valence-corrected chi connectivity index (χ1v) is 9.39. The SMILES string of the molecule is Cc1c(/C=C2\C(=O)NC(=O)N(c3cccc(Br)c3)C2=O)c2ccccc2n1C. The summed E-state index contributed by atoms with van der Waals surface area (Å²) in [6, 6.07) is 13.8. The topological polar surface area (TPSA) is 71.4 Å². The number of amides is 4. The molecule has 0 aliphatic carbocycles. The van der Waals surface area contributed by atoms with E-state index >= 15 is 0 Å². The Balaban J connectivity index is 1.86. The van der Waals surface area contributed by atoms with Crippen LogP contribution in [0.4, 0.5) is 10.5 Å². The molecule has 0 radical (unpaired) electrons. The van der Waals surface area contributed by atoms with E-state index < -0.39 is 17.8 Å². The Hall–Kier alpha value is -3.19. The van der Waals surface area contributed by atoms with Crippen LogP contribution in [-0.4, -0.2) is 22.4 Å². The van der Waals surface area contributed by atoms with Crippen molar-refractivity contribution in [3.05, 3.63) is 69.8 Å². The maximum absolute atomic E-state index is 13.1. The molecule has 1 aromatic heterocycles. The summed E-state index contributed by atoms with van der Waals surface area (Å²) in [4.78, 5) is 38.8. The molecule has 3 aromatic rings. The number of hydrogen-bond acceptors (Lipinski definition) is 3. The minimum Gasteiger partial charge on any atom is -0.347 e. The summed E-state index contributed by atoms with van der Waals surface area (Å²) >= 11 is 3.33. The van der Waals surface area contributed by atoms with E-state index in [1.165, 1.54) is 0 Å². The average Bonchev–Trinajstić information content (AvgIpc) is 2.90. The molecule has 1 fully saturated rings. The third-order valence-electron chi connectivity index (χ3n) is 4.91. The van der Waals surface area contributed by atoms with E-state index in [0.29, 0.717) is 5.69 Å². The number of aromatic nitrogens is 1. The molecule has 0 bridgehead atoms. The van der Waals surface area contributed by atoms with Gasteiger partial charge in [0, 0.05) is 33.7 Å². The quantitative estimate of drug-likeness (QED) is 0.487. The van der Waals surface area contributed by atoms with Crippen molar-refractivity contribution in [1.82, 2.24) is 9.88 Å². The molecule has 140 valence electrons. The number of benzene rings is 2. The van der Waals surface area contributed by atoms with Crippen LogP contribution in [0.15, 0.2) is 58.6 Å². The summed E-state index contributed by atoms with van der Waals surface area (Å²) in [6.45, 7) is 1.93. The van der Waals surface area contributed by atoms with Gasteiger partial charge in [-0.1, -0.05) is 40.2 Å². The predicted octanol–water partition coefficient (Wildman–Crippen LogP) is 3.92. The zero-order chi connectivity index (χ0) is 20.0. The molecule has 1 N–H and O–H groups in total. The summed E-state index contributed by atoms with van der Waals surface area (Å²) in [5, 5.41) is 3.19. The highest BCUT2D eigenvalue weighted by Gasteiger charge is 2.37. The van der Waals surface area contributed by atoms with Gasteiger partial charge in [-0.3, -0.25) is 14.9 Å². The lowest BCUT2D eigenvalue weighted by Gasteiger charge is -2.26. The van der Waals surface area contributed by atoms with Crippen molar-refractivity contribution in [2.75, 3.05) is 4.90 Å². The van der Waals surface area contributed by atoms with Crippen molar-refractivity contribution in [2.45, 2.75) is 6.92 Å². The average molecular weight is 438 g/mol. The Morgan fingerprint density at radius 3 is 2.54 bits per heavy atom. The molecule has 2 heterocycles. The standard InChI is InChI=1S/C21H16BrN3O3/c1-12-16(15-8-3-4-9-18(15)24(12)2)11-17-19(26)23-21(28)25(20(17)27)14-7-5-6-13(22)10-14/h3-11H,1-2H3,(H,23,26,28)/b17-11+. The summed E-state index contributed by atoms with van der Waals surface area (Å²) in [6.07, 6.45) is 1.56. The molecule has 1 aliphatic heterocycles. The number of hydrogen-bond donors (Lipinski definition) is 1. The number of barbiturate groups is 1. The fourth-order valence-electron chi connectivity index (χ4n) is 3.38. The van der Waals surface area contributed by atoms with Crippen molar-refractivity contribution in [3.63, 3.8) is 0 Å². The summed E-state index contributed by atoms with van der Waals surface area (Å²) < 4.78 is 2.72. The van der Waals surface area contributed by atoms with Crippen LogP contribution in [0.2, 0.25) is 0 Å². The third-order valence-corrected chi connectivity index (χ3v) is 5.40. The monoisotopic (exact) mass is 437 g/mol. The molecular weight excluding hydrogens is 422 g/mol. The second-order valence-electron chi connectivity index (χ2n) is 6.51. The third kappa shape index (κ3) is 2.84. The molecule has 2 aromatic carbocycles. The number of nitrogens with zero attached hydrogens (tertiary/aromatic N) is 2. The molecule has 6 nitrogen and oxygen atoms in total. The Labute approximate surface area is 169 Å². The second-order valence-corrected chi connectivity index (χ2v) is 7.43. The van der Waals surface area contributed by atoms with Crippen LogP contribution in [0.5, 0.6) is 0 Å². The van der Waals surface area contributed by atoms with Crippen LogP contribution < -0.4 is 10.2 Å². The largest absolute Gasteiger partial charge is 0.347 e. The molecule has 0 saturated carbocycles. The molecule has 1 aliphatic rings. The van der Waals surface area contributed by atoms with Crippen LogP contribution in [0.25, 0.3) is 17.0 Å². The Morgan fingerprint density at radius 2 is 1.79 bits per heavy atom. The van der Waals surface area contributed by atoms with Gasteiger partial charge in [0.05, 0.1) is 5.69 Å². The summed E-state index contributed by atoms with van der Waals surface area (Å²) in [5.74, 6) is -1.35. The summed E-state index contributed by atoms with van der Waals surface area (Å²) in [7, 11) is 1.93. The minimum absolute atomic E-state index is 0.0842. The van der Waals surface area contributed by atoms with E-state index in [4.69, 9.17) is 0 Å². The van der Waals surface area contributed by atoms with Gasteiger partial charge in [0.1, 0.15) is 5.57 Å². The van der Waals surface area contributed by atoms with Gasteiger partial charge in [-0.2, -0.15) is 0 Å². The minimum atomic E-state index is -0.764. The van der Waals surface area contributed by atoms with Crippen LogP contribution in [0.1, 0.15) is 11.3 Å². The first kappa shape index (κ1) is 18.2. The molecule has 0 unspecified atom stereocenters. The molecule has 0 atom stereocenters. The van der Waals surface area contributed by atoms with Crippen molar-refractivity contribution in [3.8, 4) is 0 Å². The number of nitrogens with one attached hydrogen (secondary N) is 1. The normalized spacial score (nSPS) is 16.2. The highest BCUT2D eigenvalue weighted by molar-refractivity contribution is 9.10. The van der Waals surface area contributed by atoms with Gasteiger partial charge in [-0.15, -0.1) is 0 Å². The number of imide groups is 2. The first-order chi connectivity index (χ1) is 13.4. The number of aryl methyl sites for hydroxylation is 1. The molecule has 28 heavy (non-hydrogen) atoms. The zero-order valence-corrected chi connectivity index (χ0v) is 16.8. The number of anilines is 1. The lowest BCUT2D eigenvalue weighted by atomic mass is 10.0. The van der Waals surface area contributed by atoms with Crippen LogP contribution in [-0.2, 0) is 16.6 Å². The van der Waals surface area contributed by atoms with Gasteiger partial charge >= 0.3 is 6.03 Å². The van der Waals surface area contributed by atoms with Gasteiger partial charge in [0.25, 0.3) is 11.8 Å². The van der Waals surface area contributed by atoms with Crippen LogP contribution in [0.3, 0.4) is 0 Å². The van der Waals surface area contributed by atoms with E-state index in [0.717, 1.165) is 31.5 Å². The van der Waals surface area contributed by atoms with E-state index in [1.807, 2.05) is 42.8 Å². The molecule has 4 amide bonds. The van der Waals surface area contributed by atoms with E-state index in [-0.39, 0.29) is 5.57 Å². The van der Waals surface area contributed by atoms with Crippen LogP contribution >= 0.6 is 15.9 Å². The van der Waals surface area contributed by atoms with Crippen molar-refractivity contribution in [2.24, 2.45) is 7.05 Å². The zero-order valence-electron chi connectivity index (χ0n) is 15.2. The van der Waals surface area contributed by atoms with Gasteiger partial charge in [-0.05, 0) is 37.3 Å². The van der Waals surface area contributed by atoms with Crippen molar-refractivity contribution >= 4 is 56.4 Å². The fraction of sp³-hybridized carbons (Fsp3) is 0.0952. The van der Waals surface area contributed by atoms with E-state index in [2.05, 4.69) is 21.2 Å². The second kappa shape index (κ2) is 6.76. The highest BCUT2D eigenvalue weighted by Crippen LogP contribution is 2.29. The number of rotatable bonds is 2. The molecular formula is C21H16BrN3O3. The number of para-hydroxylation sites is 1. The van der Waals surface area contributed by atoms with E-state index in [1.54, 1.807) is 30.3 Å². The first-order valence-electron chi connectivity index (χ1n) is 8.59. The van der Waals surface area contributed by atoms with Crippen molar-refractivity contribution < 1.29 is 14.4 Å². The maximum Gasteiger partial charge on any atom is 0.335 e. The van der Waals surface area contributed by atoms with E-state index in [9.17, 15) is 14.4 Å². The lowest BCUT2D eigenvalue weighted by molar-refractivity contribution is -0.122. The maximum atomic E-state index is 13.1. The number of halogens is 1. The number of fused-ring (bicyclic) bond motifs is 1. The lowest BCUT2D eigenvalue weighted by Crippen LogP contribution is -2.54. The number of carbonyl (C=O) groups excluding carboxylic acids is 3. The Bertz CT molecular complexity index is 1190. The number of carbonyl (C=O) groups is 3. The van der Waals surface area contributed by atoms with Gasteiger partial charge < -0.3 is 4.57 Å². The smallest absolute Gasteiger partial charge is 0.335 e. The summed E-state index contributed by atoms with van der Waals surface area (Å²) in [5.41, 5.74) is 2.99. The van der Waals surface area contributed by atoms with Crippen LogP contribution in [0, 0.1) is 6.92 Å². The Kier molecular flexibility index (Phi) is 4.39. The van der Waals surface area contributed by atoms with Gasteiger partial charge in [-0.25, -0.2) is 9.69 Å². The number of urea groups is 1. The molecule has 0 spiro atoms. The Morgan fingerprint density at radius 1 is 1.04 bits per heavy atom. The molecule has 7 heteroatoms. The fourth-order valence-corrected chi connectivity index (χ4v) is 3.77.